The Balaban J connectivity index is 2.07. The van der Waals surface area contributed by atoms with Crippen LogP contribution in [0.4, 0.5) is 0 Å². The van der Waals surface area contributed by atoms with Crippen LogP contribution in [0, 0.1) is 6.92 Å². The molecular weight excluding hydrogens is 214 g/mol. The summed E-state index contributed by atoms with van der Waals surface area (Å²) >= 11 is 5.87. The molecule has 1 aromatic rings. The summed E-state index contributed by atoms with van der Waals surface area (Å²) < 4.78 is 5.09. The van der Waals surface area contributed by atoms with Gasteiger partial charge in [0.15, 0.2) is 0 Å². The maximum absolute atomic E-state index is 11.9. The highest BCUT2D eigenvalue weighted by atomic mass is 35.5. The quantitative estimate of drug-likeness (QED) is 0.807. The first kappa shape index (κ1) is 10.6. The molecule has 1 saturated carbocycles. The van der Waals surface area contributed by atoms with Crippen LogP contribution in [0.1, 0.15) is 35.4 Å². The molecule has 0 saturated heterocycles. The van der Waals surface area contributed by atoms with E-state index in [0.717, 1.165) is 19.3 Å². The lowest BCUT2D eigenvalue weighted by atomic mass is 9.78. The van der Waals surface area contributed by atoms with Gasteiger partial charge in [0, 0.05) is 5.88 Å². The van der Waals surface area contributed by atoms with Crippen molar-refractivity contribution < 1.29 is 9.21 Å². The molecular formula is C11H14ClNO2. The Morgan fingerprint density at radius 3 is 2.80 bits per heavy atom. The predicted molar refractivity (Wildman–Crippen MR) is 58.2 cm³/mol. The fraction of sp³-hybridized carbons (Fsp3) is 0.545. The van der Waals surface area contributed by atoms with Crippen LogP contribution in [-0.2, 0) is 0 Å². The van der Waals surface area contributed by atoms with Crippen LogP contribution >= 0.6 is 11.6 Å². The average molecular weight is 228 g/mol. The van der Waals surface area contributed by atoms with Gasteiger partial charge in [-0.05, 0) is 32.3 Å². The lowest BCUT2D eigenvalue weighted by Gasteiger charge is -2.40. The monoisotopic (exact) mass is 227 g/mol. The number of amides is 1. The highest BCUT2D eigenvalue weighted by Gasteiger charge is 2.38. The molecule has 3 nitrogen and oxygen atoms in total. The van der Waals surface area contributed by atoms with Crippen molar-refractivity contribution in [3.63, 3.8) is 0 Å². The van der Waals surface area contributed by atoms with Crippen LogP contribution in [0.25, 0.3) is 0 Å². The lowest BCUT2D eigenvalue weighted by molar-refractivity contribution is 0.0852. The Morgan fingerprint density at radius 1 is 1.67 bits per heavy atom. The highest BCUT2D eigenvalue weighted by molar-refractivity contribution is 6.19. The first-order chi connectivity index (χ1) is 7.17. The van der Waals surface area contributed by atoms with Crippen molar-refractivity contribution >= 4 is 17.5 Å². The predicted octanol–water partition coefficient (Wildman–Crippen LogP) is 2.48. The molecule has 15 heavy (non-hydrogen) atoms. The van der Waals surface area contributed by atoms with Gasteiger partial charge in [0.25, 0.3) is 5.91 Å². The van der Waals surface area contributed by atoms with Gasteiger partial charge in [-0.15, -0.1) is 11.6 Å². The molecule has 2 rings (SSSR count). The summed E-state index contributed by atoms with van der Waals surface area (Å²) in [6.45, 7) is 1.78. The number of rotatable bonds is 3. The summed E-state index contributed by atoms with van der Waals surface area (Å²) in [5.41, 5.74) is 0.425. The van der Waals surface area contributed by atoms with E-state index >= 15 is 0 Å². The zero-order chi connectivity index (χ0) is 10.9. The Morgan fingerprint density at radius 2 is 2.40 bits per heavy atom. The second-order valence-electron chi connectivity index (χ2n) is 4.11. The molecule has 1 heterocycles. The van der Waals surface area contributed by atoms with E-state index in [0.29, 0.717) is 17.2 Å². The molecule has 1 aliphatic carbocycles. The van der Waals surface area contributed by atoms with Crippen molar-refractivity contribution in [3.05, 3.63) is 23.7 Å². The second kappa shape index (κ2) is 3.89. The first-order valence-corrected chi connectivity index (χ1v) is 5.63. The summed E-state index contributed by atoms with van der Waals surface area (Å²) in [6.07, 6.45) is 4.61. The molecule has 0 atom stereocenters. The largest absolute Gasteiger partial charge is 0.469 e. The average Bonchev–Trinajstić information content (AvgIpc) is 2.58. The van der Waals surface area contributed by atoms with Gasteiger partial charge >= 0.3 is 0 Å². The Bertz CT molecular complexity index is 363. The molecule has 1 aromatic heterocycles. The molecule has 0 aliphatic heterocycles. The fourth-order valence-electron chi connectivity index (χ4n) is 1.82. The van der Waals surface area contributed by atoms with E-state index in [1.165, 1.54) is 6.26 Å². The molecule has 1 fully saturated rings. The molecule has 1 N–H and O–H groups in total. The molecule has 0 aromatic carbocycles. The van der Waals surface area contributed by atoms with E-state index < -0.39 is 0 Å². The van der Waals surface area contributed by atoms with E-state index in [9.17, 15) is 4.79 Å². The number of carbonyl (C=O) groups is 1. The molecule has 1 aliphatic rings. The number of nitrogens with one attached hydrogen (secondary N) is 1. The van der Waals surface area contributed by atoms with Gasteiger partial charge in [0.1, 0.15) is 5.76 Å². The third kappa shape index (κ3) is 1.88. The van der Waals surface area contributed by atoms with Crippen LogP contribution < -0.4 is 5.32 Å². The van der Waals surface area contributed by atoms with Crippen LogP contribution in [0.15, 0.2) is 16.7 Å². The van der Waals surface area contributed by atoms with Crippen LogP contribution in [0.5, 0.6) is 0 Å². The minimum atomic E-state index is -0.178. The standard InChI is InChI=1S/C11H14ClNO2/c1-8-9(3-6-15-8)10(14)13-11(7-12)4-2-5-11/h3,6H,2,4-5,7H2,1H3,(H,13,14). The maximum atomic E-state index is 11.9. The van der Waals surface area contributed by atoms with Gasteiger partial charge in [0.05, 0.1) is 17.4 Å². The van der Waals surface area contributed by atoms with Gasteiger partial charge in [-0.2, -0.15) is 0 Å². The van der Waals surface area contributed by atoms with Gasteiger partial charge in [-0.1, -0.05) is 0 Å². The summed E-state index contributed by atoms with van der Waals surface area (Å²) in [6, 6.07) is 1.69. The number of alkyl halides is 1. The van der Waals surface area contributed by atoms with Gasteiger partial charge < -0.3 is 9.73 Å². The maximum Gasteiger partial charge on any atom is 0.255 e. The Hall–Kier alpha value is -0.960. The van der Waals surface area contributed by atoms with Crippen molar-refractivity contribution in [2.45, 2.75) is 31.7 Å². The number of furan rings is 1. The van der Waals surface area contributed by atoms with E-state index in [4.69, 9.17) is 16.0 Å². The van der Waals surface area contributed by atoms with E-state index in [2.05, 4.69) is 5.32 Å². The minimum Gasteiger partial charge on any atom is -0.469 e. The lowest BCUT2D eigenvalue weighted by Crippen LogP contribution is -2.55. The Kier molecular flexibility index (Phi) is 2.74. The van der Waals surface area contributed by atoms with E-state index in [1.807, 2.05) is 0 Å². The van der Waals surface area contributed by atoms with Gasteiger partial charge in [-0.3, -0.25) is 4.79 Å². The molecule has 82 valence electrons. The Labute approximate surface area is 93.8 Å². The molecule has 0 unspecified atom stereocenters. The number of hydrogen-bond acceptors (Lipinski definition) is 2. The number of halogens is 1. The van der Waals surface area contributed by atoms with Crippen LogP contribution in [-0.4, -0.2) is 17.3 Å². The zero-order valence-corrected chi connectivity index (χ0v) is 9.43. The van der Waals surface area contributed by atoms with Crippen molar-refractivity contribution in [2.75, 3.05) is 5.88 Å². The molecule has 0 radical (unpaired) electrons. The molecule has 0 spiro atoms. The van der Waals surface area contributed by atoms with Crippen molar-refractivity contribution in [1.29, 1.82) is 0 Å². The van der Waals surface area contributed by atoms with Crippen LogP contribution in [0.2, 0.25) is 0 Å². The minimum absolute atomic E-state index is 0.0819. The zero-order valence-electron chi connectivity index (χ0n) is 8.68. The smallest absolute Gasteiger partial charge is 0.255 e. The summed E-state index contributed by atoms with van der Waals surface area (Å²) in [7, 11) is 0. The second-order valence-corrected chi connectivity index (χ2v) is 4.38. The summed E-state index contributed by atoms with van der Waals surface area (Å²) in [5.74, 6) is 1.05. The van der Waals surface area contributed by atoms with E-state index in [1.54, 1.807) is 13.0 Å². The number of hydrogen-bond donors (Lipinski definition) is 1. The highest BCUT2D eigenvalue weighted by Crippen LogP contribution is 2.33. The number of carbonyl (C=O) groups excluding carboxylic acids is 1. The van der Waals surface area contributed by atoms with E-state index in [-0.39, 0.29) is 11.4 Å². The third-order valence-electron chi connectivity index (χ3n) is 3.05. The van der Waals surface area contributed by atoms with Crippen LogP contribution in [0.3, 0.4) is 0 Å². The fourth-order valence-corrected chi connectivity index (χ4v) is 2.16. The normalized spacial score (nSPS) is 18.3. The first-order valence-electron chi connectivity index (χ1n) is 5.09. The number of aryl methyl sites for hydroxylation is 1. The van der Waals surface area contributed by atoms with Crippen molar-refractivity contribution in [3.8, 4) is 0 Å². The van der Waals surface area contributed by atoms with Crippen molar-refractivity contribution in [2.24, 2.45) is 0 Å². The van der Waals surface area contributed by atoms with Gasteiger partial charge in [0.2, 0.25) is 0 Å². The third-order valence-corrected chi connectivity index (χ3v) is 3.56. The topological polar surface area (TPSA) is 42.2 Å². The van der Waals surface area contributed by atoms with Gasteiger partial charge in [-0.25, -0.2) is 0 Å². The summed E-state index contributed by atoms with van der Waals surface area (Å²) in [4.78, 5) is 11.9. The SMILES string of the molecule is Cc1occc1C(=O)NC1(CCl)CCC1. The molecule has 1 amide bonds. The molecule has 4 heteroatoms. The van der Waals surface area contributed by atoms with Crippen molar-refractivity contribution in [1.82, 2.24) is 5.32 Å². The summed E-state index contributed by atoms with van der Waals surface area (Å²) in [5, 5.41) is 2.99. The molecule has 0 bridgehead atoms.